The van der Waals surface area contributed by atoms with Gasteiger partial charge in [0, 0.05) is 11.8 Å². The molecule has 1 amide bonds. The normalized spacial score (nSPS) is 10.7. The summed E-state index contributed by atoms with van der Waals surface area (Å²) in [6.45, 7) is 0. The van der Waals surface area contributed by atoms with Crippen molar-refractivity contribution in [2.24, 2.45) is 0 Å². The van der Waals surface area contributed by atoms with Crippen LogP contribution in [-0.2, 0) is 11.2 Å². The molecule has 0 fully saturated rings. The van der Waals surface area contributed by atoms with E-state index in [1.807, 2.05) is 29.2 Å². The van der Waals surface area contributed by atoms with Crippen molar-refractivity contribution in [2.75, 3.05) is 5.32 Å². The Labute approximate surface area is 117 Å². The van der Waals surface area contributed by atoms with E-state index in [0.717, 1.165) is 11.0 Å². The topological polar surface area (TPSA) is 124 Å². The van der Waals surface area contributed by atoms with Crippen LogP contribution < -0.4 is 16.6 Å². The number of benzene rings is 1. The van der Waals surface area contributed by atoms with Crippen LogP contribution in [-0.4, -0.2) is 25.8 Å². The second kappa shape index (κ2) is 5.08. The van der Waals surface area contributed by atoms with Gasteiger partial charge in [0.1, 0.15) is 0 Å². The molecule has 21 heavy (non-hydrogen) atoms. The number of aromatic nitrogens is 4. The highest BCUT2D eigenvalue weighted by molar-refractivity contribution is 5.92. The molecule has 0 saturated carbocycles. The lowest BCUT2D eigenvalue weighted by molar-refractivity contribution is -0.115. The standard InChI is InChI=1S/C13H11N5O3/c19-10(5-7-6-11(20)18-13(21)14-7)17-12-15-8-3-1-2-4-9(8)16-12/h1-4,6H,5H2,(H2,14,18,20,21)(H2,15,16,17,19). The molecule has 8 nitrogen and oxygen atoms in total. The van der Waals surface area contributed by atoms with Crippen molar-refractivity contribution in [3.63, 3.8) is 0 Å². The number of fused-ring (bicyclic) bond motifs is 1. The molecule has 2 aromatic heterocycles. The van der Waals surface area contributed by atoms with Crippen LogP contribution in [0.4, 0.5) is 5.95 Å². The summed E-state index contributed by atoms with van der Waals surface area (Å²) in [6, 6.07) is 8.52. The number of amides is 1. The first-order valence-corrected chi connectivity index (χ1v) is 6.17. The van der Waals surface area contributed by atoms with Crippen LogP contribution >= 0.6 is 0 Å². The number of aromatic amines is 3. The van der Waals surface area contributed by atoms with E-state index in [1.54, 1.807) is 0 Å². The maximum Gasteiger partial charge on any atom is 0.325 e. The molecule has 0 saturated heterocycles. The van der Waals surface area contributed by atoms with Crippen molar-refractivity contribution in [3.05, 3.63) is 56.9 Å². The van der Waals surface area contributed by atoms with Gasteiger partial charge in [-0.05, 0) is 12.1 Å². The molecule has 3 rings (SSSR count). The number of nitrogens with one attached hydrogen (secondary N) is 4. The smallest absolute Gasteiger partial charge is 0.324 e. The van der Waals surface area contributed by atoms with Crippen LogP contribution in [0.25, 0.3) is 11.0 Å². The van der Waals surface area contributed by atoms with E-state index in [-0.39, 0.29) is 12.1 Å². The minimum absolute atomic E-state index is 0.129. The van der Waals surface area contributed by atoms with Gasteiger partial charge in [-0.3, -0.25) is 19.9 Å². The Hall–Kier alpha value is -3.16. The third kappa shape index (κ3) is 2.89. The second-order valence-electron chi connectivity index (χ2n) is 4.44. The zero-order valence-corrected chi connectivity index (χ0v) is 10.8. The van der Waals surface area contributed by atoms with Crippen LogP contribution in [0.5, 0.6) is 0 Å². The van der Waals surface area contributed by atoms with Gasteiger partial charge in [0.05, 0.1) is 17.5 Å². The molecule has 0 spiro atoms. The number of nitrogens with zero attached hydrogens (tertiary/aromatic N) is 1. The largest absolute Gasteiger partial charge is 0.325 e. The highest BCUT2D eigenvalue weighted by Gasteiger charge is 2.08. The first-order valence-electron chi connectivity index (χ1n) is 6.17. The third-order valence-electron chi connectivity index (χ3n) is 2.81. The molecule has 0 radical (unpaired) electrons. The Morgan fingerprint density at radius 2 is 1.95 bits per heavy atom. The van der Waals surface area contributed by atoms with E-state index in [0.29, 0.717) is 5.95 Å². The maximum atomic E-state index is 11.9. The van der Waals surface area contributed by atoms with E-state index < -0.39 is 17.2 Å². The Morgan fingerprint density at radius 3 is 2.71 bits per heavy atom. The van der Waals surface area contributed by atoms with Crippen LogP contribution in [0.3, 0.4) is 0 Å². The van der Waals surface area contributed by atoms with Gasteiger partial charge in [0.15, 0.2) is 0 Å². The molecular weight excluding hydrogens is 274 g/mol. The summed E-state index contributed by atoms with van der Waals surface area (Å²) in [4.78, 5) is 45.7. The fourth-order valence-electron chi connectivity index (χ4n) is 1.98. The van der Waals surface area contributed by atoms with Crippen LogP contribution in [0, 0.1) is 0 Å². The van der Waals surface area contributed by atoms with E-state index in [4.69, 9.17) is 0 Å². The summed E-state index contributed by atoms with van der Waals surface area (Å²) in [5.74, 6) is -0.0799. The molecule has 8 heteroatoms. The van der Waals surface area contributed by atoms with E-state index in [1.165, 1.54) is 6.07 Å². The van der Waals surface area contributed by atoms with Gasteiger partial charge in [-0.2, -0.15) is 0 Å². The Balaban J connectivity index is 1.76. The lowest BCUT2D eigenvalue weighted by Gasteiger charge is -2.01. The van der Waals surface area contributed by atoms with Gasteiger partial charge in [-0.1, -0.05) is 12.1 Å². The minimum atomic E-state index is -0.644. The number of carbonyl (C=O) groups excluding carboxylic acids is 1. The molecule has 0 aliphatic carbocycles. The monoisotopic (exact) mass is 285 g/mol. The van der Waals surface area contributed by atoms with Gasteiger partial charge in [-0.15, -0.1) is 0 Å². The summed E-state index contributed by atoms with van der Waals surface area (Å²) in [7, 11) is 0. The number of hydrogen-bond acceptors (Lipinski definition) is 4. The average molecular weight is 285 g/mol. The van der Waals surface area contributed by atoms with Crippen LogP contribution in [0.2, 0.25) is 0 Å². The molecule has 2 heterocycles. The Kier molecular flexibility index (Phi) is 3.11. The number of para-hydroxylation sites is 2. The maximum absolute atomic E-state index is 11.9. The van der Waals surface area contributed by atoms with Crippen molar-refractivity contribution in [3.8, 4) is 0 Å². The molecule has 0 aliphatic rings. The summed E-state index contributed by atoms with van der Waals surface area (Å²) < 4.78 is 0. The van der Waals surface area contributed by atoms with E-state index >= 15 is 0 Å². The number of rotatable bonds is 3. The lowest BCUT2D eigenvalue weighted by Crippen LogP contribution is -2.25. The number of H-pyrrole nitrogens is 3. The van der Waals surface area contributed by atoms with Gasteiger partial charge in [-0.25, -0.2) is 9.78 Å². The molecule has 0 unspecified atom stereocenters. The molecule has 1 aromatic carbocycles. The molecule has 4 N–H and O–H groups in total. The van der Waals surface area contributed by atoms with Crippen LogP contribution in [0.1, 0.15) is 5.69 Å². The SMILES string of the molecule is O=C(Cc1cc(=O)[nH]c(=O)[nH]1)Nc1nc2ccccc2[nH]1. The minimum Gasteiger partial charge on any atom is -0.324 e. The Morgan fingerprint density at radius 1 is 1.14 bits per heavy atom. The molecular formula is C13H11N5O3. The number of anilines is 1. The van der Waals surface area contributed by atoms with E-state index in [2.05, 4.69) is 20.3 Å². The van der Waals surface area contributed by atoms with Crippen molar-refractivity contribution in [1.29, 1.82) is 0 Å². The van der Waals surface area contributed by atoms with E-state index in [9.17, 15) is 14.4 Å². The predicted molar refractivity (Wildman–Crippen MR) is 76.1 cm³/mol. The molecule has 0 atom stereocenters. The van der Waals surface area contributed by atoms with Gasteiger partial charge in [0.25, 0.3) is 5.56 Å². The van der Waals surface area contributed by atoms with Crippen molar-refractivity contribution in [2.45, 2.75) is 6.42 Å². The third-order valence-corrected chi connectivity index (χ3v) is 2.81. The predicted octanol–water partition coefficient (Wildman–Crippen LogP) is 0.121. The number of imidazole rings is 1. The highest BCUT2D eigenvalue weighted by Crippen LogP contribution is 2.13. The van der Waals surface area contributed by atoms with Gasteiger partial charge >= 0.3 is 5.69 Å². The molecule has 0 aliphatic heterocycles. The Bertz CT molecular complexity index is 860. The molecule has 106 valence electrons. The van der Waals surface area contributed by atoms with Crippen molar-refractivity contribution in [1.82, 2.24) is 19.9 Å². The quantitative estimate of drug-likeness (QED) is 0.545. The number of carbonyl (C=O) groups is 1. The zero-order chi connectivity index (χ0) is 14.8. The van der Waals surface area contributed by atoms with Crippen molar-refractivity contribution < 1.29 is 4.79 Å². The second-order valence-corrected chi connectivity index (χ2v) is 4.44. The fraction of sp³-hybridized carbons (Fsp3) is 0.0769. The summed E-state index contributed by atoms with van der Waals surface area (Å²) >= 11 is 0. The first kappa shape index (κ1) is 12.9. The van der Waals surface area contributed by atoms with Crippen molar-refractivity contribution >= 4 is 22.9 Å². The zero-order valence-electron chi connectivity index (χ0n) is 10.8. The fourth-order valence-corrected chi connectivity index (χ4v) is 1.98. The lowest BCUT2D eigenvalue weighted by atomic mass is 10.3. The van der Waals surface area contributed by atoms with Crippen LogP contribution in [0.15, 0.2) is 39.9 Å². The first-order chi connectivity index (χ1) is 10.1. The average Bonchev–Trinajstić information content (AvgIpc) is 2.78. The summed E-state index contributed by atoms with van der Waals surface area (Å²) in [6.07, 6.45) is -0.129. The summed E-state index contributed by atoms with van der Waals surface area (Å²) in [5, 5.41) is 2.58. The summed E-state index contributed by atoms with van der Waals surface area (Å²) in [5.41, 5.74) is 0.575. The van der Waals surface area contributed by atoms with Gasteiger partial charge in [0.2, 0.25) is 11.9 Å². The highest BCUT2D eigenvalue weighted by atomic mass is 16.2. The van der Waals surface area contributed by atoms with Gasteiger partial charge < -0.3 is 9.97 Å². The molecule has 0 bridgehead atoms. The number of hydrogen-bond donors (Lipinski definition) is 4. The molecule has 3 aromatic rings.